The van der Waals surface area contributed by atoms with E-state index < -0.39 is 0 Å². The Hall–Kier alpha value is -1.62. The molecule has 1 fully saturated rings. The maximum atomic E-state index is 11.4. The van der Waals surface area contributed by atoms with Gasteiger partial charge in [-0.25, -0.2) is 0 Å². The molecule has 1 aromatic carbocycles. The van der Waals surface area contributed by atoms with Crippen molar-refractivity contribution in [3.8, 4) is 0 Å². The summed E-state index contributed by atoms with van der Waals surface area (Å²) in [6, 6.07) is 6.32. The lowest BCUT2D eigenvalue weighted by Crippen LogP contribution is -2.56. The minimum Gasteiger partial charge on any atom is -0.360 e. The van der Waals surface area contributed by atoms with E-state index in [9.17, 15) is 10.1 Å². The molecular formula is C15H23N3O2. The van der Waals surface area contributed by atoms with Crippen LogP contribution < -0.4 is 10.2 Å². The molecule has 1 saturated heterocycles. The van der Waals surface area contributed by atoms with Gasteiger partial charge in [-0.05, 0) is 25.8 Å². The minimum atomic E-state index is -0.250. The highest BCUT2D eigenvalue weighted by molar-refractivity contribution is 5.67. The summed E-state index contributed by atoms with van der Waals surface area (Å²) < 4.78 is 0. The number of anilines is 1. The van der Waals surface area contributed by atoms with Crippen molar-refractivity contribution >= 4 is 11.4 Å². The summed E-state index contributed by atoms with van der Waals surface area (Å²) in [4.78, 5) is 13.4. The summed E-state index contributed by atoms with van der Waals surface area (Å²) in [6.07, 6.45) is 2.01. The molecule has 5 nitrogen and oxygen atoms in total. The molecule has 0 saturated carbocycles. The van der Waals surface area contributed by atoms with E-state index in [1.807, 2.05) is 25.1 Å². The molecule has 2 atom stereocenters. The summed E-state index contributed by atoms with van der Waals surface area (Å²) in [5.41, 5.74) is 1.75. The predicted molar refractivity (Wildman–Crippen MR) is 81.3 cm³/mol. The van der Waals surface area contributed by atoms with Crippen LogP contribution in [0.25, 0.3) is 0 Å². The van der Waals surface area contributed by atoms with Crippen LogP contribution in [0.4, 0.5) is 11.4 Å². The molecule has 1 aliphatic rings. The maximum absolute atomic E-state index is 11.4. The molecule has 0 bridgehead atoms. The zero-order valence-corrected chi connectivity index (χ0v) is 12.4. The van der Waals surface area contributed by atoms with Gasteiger partial charge in [0.05, 0.1) is 4.92 Å². The van der Waals surface area contributed by atoms with Crippen molar-refractivity contribution in [1.82, 2.24) is 5.32 Å². The molecule has 1 aromatic rings. The van der Waals surface area contributed by atoms with Crippen LogP contribution in [0.1, 0.15) is 32.3 Å². The Morgan fingerprint density at radius 2 is 2.15 bits per heavy atom. The first-order valence-corrected chi connectivity index (χ1v) is 7.32. The second-order valence-corrected chi connectivity index (χ2v) is 5.43. The summed E-state index contributed by atoms with van der Waals surface area (Å²) >= 11 is 0. The van der Waals surface area contributed by atoms with Crippen LogP contribution in [0.5, 0.6) is 0 Å². The van der Waals surface area contributed by atoms with Crippen molar-refractivity contribution in [2.45, 2.75) is 45.7 Å². The van der Waals surface area contributed by atoms with Gasteiger partial charge in [0.15, 0.2) is 0 Å². The third kappa shape index (κ3) is 2.77. The van der Waals surface area contributed by atoms with Gasteiger partial charge in [0.25, 0.3) is 5.69 Å². The zero-order chi connectivity index (χ0) is 14.7. The van der Waals surface area contributed by atoms with Crippen molar-refractivity contribution < 1.29 is 4.92 Å². The molecule has 0 spiro atoms. The molecule has 0 aromatic heterocycles. The monoisotopic (exact) mass is 277 g/mol. The molecule has 5 heteroatoms. The fraction of sp³-hybridized carbons (Fsp3) is 0.600. The van der Waals surface area contributed by atoms with Crippen molar-refractivity contribution in [3.05, 3.63) is 33.9 Å². The summed E-state index contributed by atoms with van der Waals surface area (Å²) in [5.74, 6) is 0. The Kier molecular flexibility index (Phi) is 4.60. The fourth-order valence-electron chi connectivity index (χ4n) is 2.91. The standard InChI is InChI=1S/C15H23N3O2/c1-4-12-10-17(13(5-2)9-16-12)14-8-6-7-11(3)15(14)18(19)20/h6-8,12-13,16H,4-5,9-10H2,1-3H3. The third-order valence-electron chi connectivity index (χ3n) is 4.17. The van der Waals surface area contributed by atoms with Crippen LogP contribution in [0, 0.1) is 17.0 Å². The predicted octanol–water partition coefficient (Wildman–Crippen LogP) is 2.87. The fourth-order valence-corrected chi connectivity index (χ4v) is 2.91. The lowest BCUT2D eigenvalue weighted by Gasteiger charge is -2.41. The van der Waals surface area contributed by atoms with Gasteiger partial charge in [-0.15, -0.1) is 0 Å². The number of nitro groups is 1. The Morgan fingerprint density at radius 1 is 1.40 bits per heavy atom. The average Bonchev–Trinajstić information content (AvgIpc) is 2.45. The highest BCUT2D eigenvalue weighted by Gasteiger charge is 2.31. The quantitative estimate of drug-likeness (QED) is 0.679. The Balaban J connectivity index is 2.41. The number of hydrogen-bond donors (Lipinski definition) is 1. The van der Waals surface area contributed by atoms with E-state index in [1.165, 1.54) is 0 Å². The first kappa shape index (κ1) is 14.8. The second kappa shape index (κ2) is 6.22. The normalized spacial score (nSPS) is 22.9. The molecule has 0 aliphatic carbocycles. The maximum Gasteiger partial charge on any atom is 0.295 e. The second-order valence-electron chi connectivity index (χ2n) is 5.43. The largest absolute Gasteiger partial charge is 0.360 e. The smallest absolute Gasteiger partial charge is 0.295 e. The van der Waals surface area contributed by atoms with E-state index in [-0.39, 0.29) is 10.6 Å². The first-order chi connectivity index (χ1) is 9.58. The minimum absolute atomic E-state index is 0.250. The zero-order valence-electron chi connectivity index (χ0n) is 12.4. The number of hydrogen-bond acceptors (Lipinski definition) is 4. The topological polar surface area (TPSA) is 58.4 Å². The van der Waals surface area contributed by atoms with E-state index in [1.54, 1.807) is 0 Å². The molecule has 0 amide bonds. The number of para-hydroxylation sites is 1. The number of piperazine rings is 1. The van der Waals surface area contributed by atoms with Gasteiger partial charge in [0.2, 0.25) is 0 Å². The van der Waals surface area contributed by atoms with Crippen LogP contribution in [0.2, 0.25) is 0 Å². The molecule has 1 heterocycles. The Bertz CT molecular complexity index is 490. The van der Waals surface area contributed by atoms with Gasteiger partial charge in [0, 0.05) is 30.7 Å². The van der Waals surface area contributed by atoms with Crippen molar-refractivity contribution in [2.75, 3.05) is 18.0 Å². The molecule has 110 valence electrons. The van der Waals surface area contributed by atoms with E-state index >= 15 is 0 Å². The van der Waals surface area contributed by atoms with Crippen molar-refractivity contribution in [3.63, 3.8) is 0 Å². The lowest BCUT2D eigenvalue weighted by atomic mass is 10.0. The van der Waals surface area contributed by atoms with Gasteiger partial charge in [-0.3, -0.25) is 10.1 Å². The van der Waals surface area contributed by atoms with Crippen LogP contribution in [0.3, 0.4) is 0 Å². The highest BCUT2D eigenvalue weighted by Crippen LogP contribution is 2.34. The molecule has 1 N–H and O–H groups in total. The lowest BCUT2D eigenvalue weighted by molar-refractivity contribution is -0.384. The molecule has 2 rings (SSSR count). The number of nitro benzene ring substituents is 1. The number of benzene rings is 1. The molecular weight excluding hydrogens is 254 g/mol. The number of rotatable bonds is 4. The Morgan fingerprint density at radius 3 is 2.75 bits per heavy atom. The van der Waals surface area contributed by atoms with Crippen LogP contribution in [0.15, 0.2) is 18.2 Å². The number of nitrogens with one attached hydrogen (secondary N) is 1. The van der Waals surface area contributed by atoms with Gasteiger partial charge < -0.3 is 10.2 Å². The average molecular weight is 277 g/mol. The van der Waals surface area contributed by atoms with Gasteiger partial charge in [0.1, 0.15) is 5.69 Å². The van der Waals surface area contributed by atoms with Crippen LogP contribution in [-0.2, 0) is 0 Å². The summed E-state index contributed by atoms with van der Waals surface area (Å²) in [7, 11) is 0. The summed E-state index contributed by atoms with van der Waals surface area (Å²) in [6.45, 7) is 7.81. The van der Waals surface area contributed by atoms with Crippen molar-refractivity contribution in [1.29, 1.82) is 0 Å². The van der Waals surface area contributed by atoms with E-state index in [2.05, 4.69) is 24.1 Å². The van der Waals surface area contributed by atoms with Crippen LogP contribution in [-0.4, -0.2) is 30.1 Å². The van der Waals surface area contributed by atoms with E-state index in [0.717, 1.165) is 37.2 Å². The van der Waals surface area contributed by atoms with E-state index in [4.69, 9.17) is 0 Å². The Labute approximate surface area is 120 Å². The highest BCUT2D eigenvalue weighted by atomic mass is 16.6. The van der Waals surface area contributed by atoms with Gasteiger partial charge >= 0.3 is 0 Å². The molecule has 20 heavy (non-hydrogen) atoms. The van der Waals surface area contributed by atoms with E-state index in [0.29, 0.717) is 12.1 Å². The van der Waals surface area contributed by atoms with Gasteiger partial charge in [-0.2, -0.15) is 0 Å². The molecule has 2 unspecified atom stereocenters. The molecule has 0 radical (unpaired) electrons. The number of nitrogens with zero attached hydrogens (tertiary/aromatic N) is 2. The third-order valence-corrected chi connectivity index (χ3v) is 4.17. The SMILES string of the molecule is CCC1CN(c2cccc(C)c2[N+](=O)[O-])C(CC)CN1. The summed E-state index contributed by atoms with van der Waals surface area (Å²) in [5, 5.41) is 14.9. The number of aryl methyl sites for hydroxylation is 1. The molecule has 1 aliphatic heterocycles. The van der Waals surface area contributed by atoms with Crippen molar-refractivity contribution in [2.24, 2.45) is 0 Å². The van der Waals surface area contributed by atoms with Gasteiger partial charge in [-0.1, -0.05) is 26.0 Å². The van der Waals surface area contributed by atoms with Crippen LogP contribution >= 0.6 is 0 Å². The first-order valence-electron chi connectivity index (χ1n) is 7.32.